The molecule has 41 heavy (non-hydrogen) atoms. The minimum absolute atomic E-state index is 0.0103. The summed E-state index contributed by atoms with van der Waals surface area (Å²) in [6, 6.07) is 21.1. The number of furan rings is 1. The number of para-hydroxylation sites is 2. The molecule has 7 nitrogen and oxygen atoms in total. The van der Waals surface area contributed by atoms with Crippen molar-refractivity contribution in [1.82, 2.24) is 14.2 Å². The Kier molecular flexibility index (Phi) is 6.25. The van der Waals surface area contributed by atoms with E-state index in [-0.39, 0.29) is 11.5 Å². The first-order valence-corrected chi connectivity index (χ1v) is 12.7. The quantitative estimate of drug-likeness (QED) is 0.212. The van der Waals surface area contributed by atoms with Crippen molar-refractivity contribution in [2.75, 3.05) is 7.11 Å². The molecule has 0 aliphatic heterocycles. The molecule has 6 aromatic rings. The Morgan fingerprint density at radius 3 is 2.49 bits per heavy atom. The van der Waals surface area contributed by atoms with Gasteiger partial charge < -0.3 is 13.7 Å². The molecule has 0 amide bonds. The van der Waals surface area contributed by atoms with Gasteiger partial charge in [0.25, 0.3) is 5.56 Å². The second-order valence-electron chi connectivity index (χ2n) is 9.47. The van der Waals surface area contributed by atoms with Gasteiger partial charge in [-0.25, -0.2) is 4.98 Å². The van der Waals surface area contributed by atoms with Crippen molar-refractivity contribution in [2.24, 2.45) is 5.10 Å². The Morgan fingerprint density at radius 2 is 1.71 bits per heavy atom. The van der Waals surface area contributed by atoms with Crippen molar-refractivity contribution < 1.29 is 22.3 Å². The molecule has 6 rings (SSSR count). The van der Waals surface area contributed by atoms with E-state index in [0.717, 1.165) is 10.7 Å². The number of alkyl halides is 3. The van der Waals surface area contributed by atoms with Crippen LogP contribution in [0.5, 0.6) is 5.75 Å². The largest absolute Gasteiger partial charge is 0.496 e. The summed E-state index contributed by atoms with van der Waals surface area (Å²) in [5, 5.41) is 5.54. The molecule has 3 heterocycles. The minimum Gasteiger partial charge on any atom is -0.496 e. The van der Waals surface area contributed by atoms with E-state index in [9.17, 15) is 18.0 Å². The van der Waals surface area contributed by atoms with Crippen LogP contribution in [0.15, 0.2) is 93.2 Å². The average molecular weight is 557 g/mol. The standard InChI is InChI=1S/C31H23F3N4O3/c1-18-15-20(19(2)37(18)25-12-7-5-10-23(25)31(32,33)34)17-35-38-29(36-24-11-6-4-9-21(24)30(38)39)28-16-22-26(40-3)13-8-14-27(22)41-28/h4-17H,1-3H3. The third kappa shape index (κ3) is 4.47. The molecule has 0 bridgehead atoms. The SMILES string of the molecule is COc1cccc2oc(-c3nc4ccccc4c(=O)n3N=Cc3cc(C)n(-c4ccccc4C(F)(F)F)c3C)cc12. The van der Waals surface area contributed by atoms with Crippen molar-refractivity contribution in [3.63, 3.8) is 0 Å². The van der Waals surface area contributed by atoms with Crippen molar-refractivity contribution in [3.8, 4) is 23.0 Å². The average Bonchev–Trinajstić information content (AvgIpc) is 3.52. The van der Waals surface area contributed by atoms with Crippen LogP contribution in [-0.2, 0) is 6.18 Å². The Morgan fingerprint density at radius 1 is 0.951 bits per heavy atom. The normalized spacial score (nSPS) is 12.1. The maximum absolute atomic E-state index is 13.8. The number of rotatable bonds is 5. The molecule has 0 radical (unpaired) electrons. The lowest BCUT2D eigenvalue weighted by atomic mass is 10.1. The number of ether oxygens (including phenoxy) is 1. The van der Waals surface area contributed by atoms with Crippen LogP contribution >= 0.6 is 0 Å². The number of halogens is 3. The highest BCUT2D eigenvalue weighted by Crippen LogP contribution is 2.36. The maximum atomic E-state index is 13.8. The van der Waals surface area contributed by atoms with E-state index < -0.39 is 17.3 Å². The summed E-state index contributed by atoms with van der Waals surface area (Å²) >= 11 is 0. The van der Waals surface area contributed by atoms with Gasteiger partial charge in [0, 0.05) is 17.0 Å². The molecule has 206 valence electrons. The van der Waals surface area contributed by atoms with Crippen molar-refractivity contribution in [2.45, 2.75) is 20.0 Å². The first-order chi connectivity index (χ1) is 19.7. The van der Waals surface area contributed by atoms with Gasteiger partial charge in [-0.2, -0.15) is 22.9 Å². The maximum Gasteiger partial charge on any atom is 0.418 e. The number of nitrogens with zero attached hydrogens (tertiary/aromatic N) is 4. The molecule has 10 heteroatoms. The molecule has 0 atom stereocenters. The molecular formula is C31H23F3N4O3. The van der Waals surface area contributed by atoms with Crippen molar-refractivity contribution in [1.29, 1.82) is 0 Å². The number of fused-ring (bicyclic) bond motifs is 2. The topological polar surface area (TPSA) is 74.6 Å². The van der Waals surface area contributed by atoms with Gasteiger partial charge in [-0.3, -0.25) is 4.79 Å². The van der Waals surface area contributed by atoms with Crippen LogP contribution in [0.1, 0.15) is 22.5 Å². The Balaban J connectivity index is 1.52. The lowest BCUT2D eigenvalue weighted by Gasteiger charge is -2.16. The van der Waals surface area contributed by atoms with Crippen LogP contribution < -0.4 is 10.3 Å². The van der Waals surface area contributed by atoms with Gasteiger partial charge in [0.1, 0.15) is 11.3 Å². The van der Waals surface area contributed by atoms with Gasteiger partial charge in [-0.15, -0.1) is 0 Å². The number of benzene rings is 3. The zero-order chi connectivity index (χ0) is 28.9. The number of aromatic nitrogens is 3. The van der Waals surface area contributed by atoms with Gasteiger partial charge in [-0.05, 0) is 62.4 Å². The fourth-order valence-electron chi connectivity index (χ4n) is 5.03. The summed E-state index contributed by atoms with van der Waals surface area (Å²) < 4.78 is 55.5. The molecule has 0 N–H and O–H groups in total. The summed E-state index contributed by atoms with van der Waals surface area (Å²) in [4.78, 5) is 18.3. The van der Waals surface area contributed by atoms with Gasteiger partial charge in [0.05, 0.1) is 40.9 Å². The molecule has 0 aliphatic rings. The lowest BCUT2D eigenvalue weighted by molar-refractivity contribution is -0.137. The number of methoxy groups -OCH3 is 1. The van der Waals surface area contributed by atoms with Gasteiger partial charge >= 0.3 is 6.18 Å². The van der Waals surface area contributed by atoms with E-state index in [1.54, 1.807) is 81.6 Å². The van der Waals surface area contributed by atoms with Crippen molar-refractivity contribution in [3.05, 3.63) is 112 Å². The first kappa shape index (κ1) is 26.1. The molecule has 0 saturated heterocycles. The molecule has 0 aliphatic carbocycles. The fourth-order valence-corrected chi connectivity index (χ4v) is 5.03. The third-order valence-corrected chi connectivity index (χ3v) is 6.95. The number of hydrogen-bond donors (Lipinski definition) is 0. The van der Waals surface area contributed by atoms with Gasteiger partial charge in [0.2, 0.25) is 5.82 Å². The summed E-state index contributed by atoms with van der Waals surface area (Å²) in [5.41, 5.74) is 1.49. The van der Waals surface area contributed by atoms with Crippen molar-refractivity contribution >= 4 is 28.1 Å². The van der Waals surface area contributed by atoms with Crippen LogP contribution in [0.2, 0.25) is 0 Å². The molecular weight excluding hydrogens is 533 g/mol. The van der Waals surface area contributed by atoms with Gasteiger partial charge in [-0.1, -0.05) is 30.3 Å². The number of aryl methyl sites for hydroxylation is 1. The Hall–Kier alpha value is -5.12. The van der Waals surface area contributed by atoms with E-state index in [1.165, 1.54) is 22.9 Å². The summed E-state index contributed by atoms with van der Waals surface area (Å²) in [6.45, 7) is 3.42. The second kappa shape index (κ2) is 9.81. The third-order valence-electron chi connectivity index (χ3n) is 6.95. The highest BCUT2D eigenvalue weighted by atomic mass is 19.4. The highest BCUT2D eigenvalue weighted by Gasteiger charge is 2.34. The summed E-state index contributed by atoms with van der Waals surface area (Å²) in [7, 11) is 1.56. The van der Waals surface area contributed by atoms with E-state index in [2.05, 4.69) is 10.1 Å². The number of hydrogen-bond acceptors (Lipinski definition) is 5. The van der Waals surface area contributed by atoms with E-state index in [1.807, 2.05) is 0 Å². The molecule has 3 aromatic heterocycles. The summed E-state index contributed by atoms with van der Waals surface area (Å²) in [6.07, 6.45) is -3.08. The molecule has 3 aromatic carbocycles. The monoisotopic (exact) mass is 556 g/mol. The highest BCUT2D eigenvalue weighted by molar-refractivity contribution is 5.89. The lowest BCUT2D eigenvalue weighted by Crippen LogP contribution is -2.20. The van der Waals surface area contributed by atoms with E-state index in [4.69, 9.17) is 9.15 Å². The Labute approximate surface area is 231 Å². The fraction of sp³-hybridized carbons (Fsp3) is 0.129. The van der Waals surface area contributed by atoms with Crippen LogP contribution in [0, 0.1) is 13.8 Å². The van der Waals surface area contributed by atoms with Crippen LogP contribution in [0.25, 0.3) is 39.1 Å². The molecule has 0 spiro atoms. The van der Waals surface area contributed by atoms with Crippen LogP contribution in [0.3, 0.4) is 0 Å². The zero-order valence-electron chi connectivity index (χ0n) is 22.2. The second-order valence-corrected chi connectivity index (χ2v) is 9.47. The Bertz CT molecular complexity index is 2030. The molecule has 0 saturated carbocycles. The first-order valence-electron chi connectivity index (χ1n) is 12.7. The van der Waals surface area contributed by atoms with Gasteiger partial charge in [0.15, 0.2) is 5.76 Å². The smallest absolute Gasteiger partial charge is 0.418 e. The van der Waals surface area contributed by atoms with Crippen LogP contribution in [0.4, 0.5) is 13.2 Å². The summed E-state index contributed by atoms with van der Waals surface area (Å²) in [5.74, 6) is 1.07. The van der Waals surface area contributed by atoms with E-state index >= 15 is 0 Å². The minimum atomic E-state index is -4.53. The predicted molar refractivity (Wildman–Crippen MR) is 151 cm³/mol. The van der Waals surface area contributed by atoms with Crippen LogP contribution in [-0.4, -0.2) is 27.6 Å². The van der Waals surface area contributed by atoms with E-state index in [0.29, 0.717) is 50.3 Å². The molecule has 0 fully saturated rings. The zero-order valence-corrected chi connectivity index (χ0v) is 22.2. The predicted octanol–water partition coefficient (Wildman–Crippen LogP) is 7.13. The molecule has 0 unspecified atom stereocenters.